The summed E-state index contributed by atoms with van der Waals surface area (Å²) in [6.07, 6.45) is 0.402. The number of ether oxygens (including phenoxy) is 1. The lowest BCUT2D eigenvalue weighted by atomic mass is 9.87. The van der Waals surface area contributed by atoms with Gasteiger partial charge in [0, 0.05) is 13.0 Å². The maximum Gasteiger partial charge on any atom is 0.417 e. The number of alkyl halides is 3. The largest absolute Gasteiger partial charge is 0.417 e. The van der Waals surface area contributed by atoms with Gasteiger partial charge in [-0.15, -0.1) is 0 Å². The summed E-state index contributed by atoms with van der Waals surface area (Å²) in [6.45, 7) is 3.53. The van der Waals surface area contributed by atoms with Crippen LogP contribution in [0.25, 0.3) is 0 Å². The van der Waals surface area contributed by atoms with Gasteiger partial charge in [0.2, 0.25) is 0 Å². The highest BCUT2D eigenvalue weighted by Gasteiger charge is 2.52. The van der Waals surface area contributed by atoms with Crippen molar-refractivity contribution in [3.05, 3.63) is 23.8 Å². The van der Waals surface area contributed by atoms with Gasteiger partial charge in [0.1, 0.15) is 6.10 Å². The SMILES string of the molecule is CO[C@H]1C=CCCCCC(O)(C(F)(F)F)CCC(C)=C[C@@H](C)C1O. The Morgan fingerprint density at radius 3 is 2.50 bits per heavy atom. The third-order valence-corrected chi connectivity index (χ3v) is 4.69. The van der Waals surface area contributed by atoms with E-state index >= 15 is 0 Å². The first-order valence-electron chi connectivity index (χ1n) is 8.44. The Balaban J connectivity index is 2.98. The van der Waals surface area contributed by atoms with Crippen molar-refractivity contribution in [3.8, 4) is 0 Å². The van der Waals surface area contributed by atoms with Crippen LogP contribution in [0.5, 0.6) is 0 Å². The van der Waals surface area contributed by atoms with E-state index in [1.54, 1.807) is 26.0 Å². The average Bonchev–Trinajstić information content (AvgIpc) is 2.49. The van der Waals surface area contributed by atoms with Crippen LogP contribution in [-0.2, 0) is 4.74 Å². The van der Waals surface area contributed by atoms with Crippen LogP contribution in [-0.4, -0.2) is 41.3 Å². The highest BCUT2D eigenvalue weighted by molar-refractivity contribution is 5.07. The van der Waals surface area contributed by atoms with Gasteiger partial charge in [-0.2, -0.15) is 13.2 Å². The maximum atomic E-state index is 13.2. The van der Waals surface area contributed by atoms with Gasteiger partial charge in [-0.05, 0) is 45.4 Å². The van der Waals surface area contributed by atoms with Gasteiger partial charge in [0.15, 0.2) is 5.60 Å². The normalized spacial score (nSPS) is 34.5. The lowest BCUT2D eigenvalue weighted by Crippen LogP contribution is -2.45. The molecule has 0 radical (unpaired) electrons. The molecule has 1 aliphatic carbocycles. The van der Waals surface area contributed by atoms with Crippen molar-refractivity contribution in [3.63, 3.8) is 0 Å². The molecule has 1 rings (SSSR count). The lowest BCUT2D eigenvalue weighted by Gasteiger charge is -2.31. The van der Waals surface area contributed by atoms with E-state index in [0.717, 1.165) is 5.57 Å². The maximum absolute atomic E-state index is 13.2. The smallest absolute Gasteiger partial charge is 0.389 e. The van der Waals surface area contributed by atoms with Crippen molar-refractivity contribution >= 4 is 0 Å². The van der Waals surface area contributed by atoms with E-state index in [1.165, 1.54) is 7.11 Å². The predicted octanol–water partition coefficient (Wildman–Crippen LogP) is 4.15. The summed E-state index contributed by atoms with van der Waals surface area (Å²) in [5, 5.41) is 20.4. The minimum Gasteiger partial charge on any atom is -0.389 e. The Morgan fingerprint density at radius 1 is 1.25 bits per heavy atom. The van der Waals surface area contributed by atoms with Crippen molar-refractivity contribution in [1.82, 2.24) is 0 Å². The molecule has 4 atom stereocenters. The first-order chi connectivity index (χ1) is 11.1. The first-order valence-corrected chi connectivity index (χ1v) is 8.44. The molecular weight excluding hydrogens is 321 g/mol. The summed E-state index contributed by atoms with van der Waals surface area (Å²) in [5.74, 6) is -0.262. The standard InChI is InChI=1S/C18H29F3O3/c1-13-9-11-17(23,18(19,20)21)10-7-5-4-6-8-15(24-3)16(22)14(2)12-13/h6,8,12,14-16,22-23H,4-5,7,9-11H2,1-3H3/t14-,15+,16?,17?/m1/s1. The highest BCUT2D eigenvalue weighted by Crippen LogP contribution is 2.39. The van der Waals surface area contributed by atoms with E-state index < -0.39 is 24.0 Å². The van der Waals surface area contributed by atoms with E-state index in [4.69, 9.17) is 4.74 Å². The van der Waals surface area contributed by atoms with Crippen LogP contribution in [0.1, 0.15) is 52.4 Å². The Bertz CT molecular complexity index is 445. The zero-order valence-corrected chi connectivity index (χ0v) is 14.6. The summed E-state index contributed by atoms with van der Waals surface area (Å²) in [5.41, 5.74) is -1.92. The number of hydrogen-bond donors (Lipinski definition) is 2. The topological polar surface area (TPSA) is 49.7 Å². The summed E-state index contributed by atoms with van der Waals surface area (Å²) < 4.78 is 45.0. The molecule has 3 nitrogen and oxygen atoms in total. The van der Waals surface area contributed by atoms with Crippen molar-refractivity contribution in [2.75, 3.05) is 7.11 Å². The van der Waals surface area contributed by atoms with Crippen molar-refractivity contribution in [2.45, 2.75) is 76.4 Å². The third-order valence-electron chi connectivity index (χ3n) is 4.69. The zero-order valence-electron chi connectivity index (χ0n) is 14.6. The molecule has 0 heterocycles. The molecule has 140 valence electrons. The summed E-state index contributed by atoms with van der Waals surface area (Å²) in [6, 6.07) is 0. The minimum absolute atomic E-state index is 0.139. The van der Waals surface area contributed by atoms with Gasteiger partial charge in [0.25, 0.3) is 0 Å². The molecule has 0 spiro atoms. The van der Waals surface area contributed by atoms with E-state index in [-0.39, 0.29) is 25.2 Å². The second-order valence-electron chi connectivity index (χ2n) is 6.77. The quantitative estimate of drug-likeness (QED) is 0.699. The number of aliphatic hydroxyl groups excluding tert-OH is 1. The Hall–Kier alpha value is -0.850. The molecule has 0 aromatic carbocycles. The van der Waals surface area contributed by atoms with Crippen LogP contribution >= 0.6 is 0 Å². The van der Waals surface area contributed by atoms with Crippen LogP contribution in [0.4, 0.5) is 13.2 Å². The predicted molar refractivity (Wildman–Crippen MR) is 87.6 cm³/mol. The van der Waals surface area contributed by atoms with Gasteiger partial charge in [0.05, 0.1) is 6.10 Å². The molecular formula is C18H29F3O3. The van der Waals surface area contributed by atoms with Crippen LogP contribution in [0.3, 0.4) is 0 Å². The molecule has 0 aliphatic heterocycles. The molecule has 0 fully saturated rings. The molecule has 24 heavy (non-hydrogen) atoms. The number of methoxy groups -OCH3 is 1. The monoisotopic (exact) mass is 350 g/mol. The number of allylic oxidation sites excluding steroid dienone is 2. The van der Waals surface area contributed by atoms with Gasteiger partial charge < -0.3 is 14.9 Å². The summed E-state index contributed by atoms with van der Waals surface area (Å²) >= 11 is 0. The molecule has 2 N–H and O–H groups in total. The van der Waals surface area contributed by atoms with E-state index in [1.807, 2.05) is 6.08 Å². The van der Waals surface area contributed by atoms with Crippen molar-refractivity contribution < 1.29 is 28.1 Å². The fourth-order valence-electron chi connectivity index (χ4n) is 2.98. The number of rotatable bonds is 1. The van der Waals surface area contributed by atoms with Crippen molar-refractivity contribution in [2.24, 2.45) is 5.92 Å². The van der Waals surface area contributed by atoms with Gasteiger partial charge in [-0.3, -0.25) is 0 Å². The molecule has 6 heteroatoms. The fourth-order valence-corrected chi connectivity index (χ4v) is 2.98. The van der Waals surface area contributed by atoms with Crippen LogP contribution in [0.2, 0.25) is 0 Å². The Labute approximate surface area is 142 Å². The molecule has 0 saturated heterocycles. The van der Waals surface area contributed by atoms with Gasteiger partial charge >= 0.3 is 6.18 Å². The second kappa shape index (κ2) is 9.02. The summed E-state index contributed by atoms with van der Waals surface area (Å²) in [4.78, 5) is 0. The molecule has 0 aromatic heterocycles. The van der Waals surface area contributed by atoms with Gasteiger partial charge in [-0.1, -0.05) is 30.7 Å². The molecule has 2 unspecified atom stereocenters. The van der Waals surface area contributed by atoms with E-state index in [2.05, 4.69) is 0 Å². The van der Waals surface area contributed by atoms with Crippen LogP contribution in [0, 0.1) is 5.92 Å². The fraction of sp³-hybridized carbons (Fsp3) is 0.778. The number of halogens is 3. The van der Waals surface area contributed by atoms with E-state index in [9.17, 15) is 23.4 Å². The third kappa shape index (κ3) is 5.90. The number of hydrogen-bond acceptors (Lipinski definition) is 3. The first kappa shape index (κ1) is 21.2. The van der Waals surface area contributed by atoms with Crippen LogP contribution < -0.4 is 0 Å². The summed E-state index contributed by atoms with van der Waals surface area (Å²) in [7, 11) is 1.52. The highest BCUT2D eigenvalue weighted by atomic mass is 19.4. The lowest BCUT2D eigenvalue weighted by molar-refractivity contribution is -0.265. The molecule has 0 aromatic rings. The second-order valence-corrected chi connectivity index (χ2v) is 6.77. The molecule has 0 amide bonds. The molecule has 0 saturated carbocycles. The Kier molecular flexibility index (Phi) is 7.96. The Morgan fingerprint density at radius 2 is 1.92 bits per heavy atom. The van der Waals surface area contributed by atoms with E-state index in [0.29, 0.717) is 19.3 Å². The molecule has 1 aliphatic rings. The average molecular weight is 350 g/mol. The van der Waals surface area contributed by atoms with Crippen molar-refractivity contribution in [1.29, 1.82) is 0 Å². The molecule has 0 bridgehead atoms. The van der Waals surface area contributed by atoms with Gasteiger partial charge in [-0.25, -0.2) is 0 Å². The van der Waals surface area contributed by atoms with Crippen LogP contribution in [0.15, 0.2) is 23.8 Å². The number of aliphatic hydroxyl groups is 2. The minimum atomic E-state index is -4.63. The zero-order chi connectivity index (χ0) is 18.4.